The molecule has 0 aliphatic carbocycles. The topological polar surface area (TPSA) is 17.0 Å². The zero-order valence-corrected chi connectivity index (χ0v) is 10.7. The van der Waals surface area contributed by atoms with Crippen molar-refractivity contribution in [1.82, 2.24) is 9.88 Å². The number of nitrogens with zero attached hydrogens (tertiary/aromatic N) is 1. The Bertz CT molecular complexity index is 553. The van der Waals surface area contributed by atoms with Crippen LogP contribution >= 0.6 is 0 Å². The molecule has 1 aromatic heterocycles. The van der Waals surface area contributed by atoms with Crippen molar-refractivity contribution in [3.05, 3.63) is 35.8 Å². The molecular formula is C15H19FN2. The Kier molecular flexibility index (Phi) is 3.08. The highest BCUT2D eigenvalue weighted by Gasteiger charge is 2.16. The first-order chi connectivity index (χ1) is 8.75. The third kappa shape index (κ3) is 2.03. The first-order valence-corrected chi connectivity index (χ1v) is 6.71. The number of fused-ring (bicyclic) bond motifs is 1. The third-order valence-electron chi connectivity index (χ3n) is 3.91. The lowest BCUT2D eigenvalue weighted by molar-refractivity contribution is 0.400. The number of nitrogens with one attached hydrogen (secondary N) is 1. The van der Waals surface area contributed by atoms with E-state index in [1.165, 1.54) is 30.9 Å². The molecule has 3 heteroatoms. The van der Waals surface area contributed by atoms with E-state index in [1.54, 1.807) is 6.07 Å². The number of aromatic nitrogens is 1. The van der Waals surface area contributed by atoms with Crippen molar-refractivity contribution in [2.24, 2.45) is 7.05 Å². The molecule has 1 aliphatic rings. The van der Waals surface area contributed by atoms with Crippen LogP contribution in [-0.4, -0.2) is 17.2 Å². The van der Waals surface area contributed by atoms with E-state index < -0.39 is 0 Å². The highest BCUT2D eigenvalue weighted by atomic mass is 19.1. The predicted octanol–water partition coefficient (Wildman–Crippen LogP) is 3.00. The SMILES string of the molecule is Cn1cc(CC2CCCCN2)c2cccc(F)c21. The lowest BCUT2D eigenvalue weighted by atomic mass is 9.97. The van der Waals surface area contributed by atoms with Gasteiger partial charge < -0.3 is 9.88 Å². The molecule has 2 aromatic rings. The van der Waals surface area contributed by atoms with E-state index in [2.05, 4.69) is 11.5 Å². The number of piperidine rings is 1. The van der Waals surface area contributed by atoms with Gasteiger partial charge in [0, 0.05) is 24.7 Å². The fourth-order valence-corrected chi connectivity index (χ4v) is 3.03. The predicted molar refractivity (Wildman–Crippen MR) is 72.2 cm³/mol. The number of hydrogen-bond donors (Lipinski definition) is 1. The van der Waals surface area contributed by atoms with Crippen LogP contribution < -0.4 is 5.32 Å². The molecule has 0 spiro atoms. The standard InChI is InChI=1S/C15H19FN2/c1-18-10-11(9-12-5-2-3-8-17-12)13-6-4-7-14(16)15(13)18/h4,6-7,10,12,17H,2-3,5,8-9H2,1H3. The van der Waals surface area contributed by atoms with E-state index in [9.17, 15) is 4.39 Å². The van der Waals surface area contributed by atoms with E-state index >= 15 is 0 Å². The molecule has 2 heterocycles. The fraction of sp³-hybridized carbons (Fsp3) is 0.467. The van der Waals surface area contributed by atoms with Crippen molar-refractivity contribution in [1.29, 1.82) is 0 Å². The summed E-state index contributed by atoms with van der Waals surface area (Å²) < 4.78 is 15.7. The third-order valence-corrected chi connectivity index (χ3v) is 3.91. The molecule has 0 bridgehead atoms. The quantitative estimate of drug-likeness (QED) is 0.862. The van der Waals surface area contributed by atoms with E-state index in [-0.39, 0.29) is 5.82 Å². The van der Waals surface area contributed by atoms with Gasteiger partial charge in [-0.15, -0.1) is 0 Å². The van der Waals surface area contributed by atoms with Crippen LogP contribution in [0, 0.1) is 5.82 Å². The van der Waals surface area contributed by atoms with Crippen LogP contribution in [0.5, 0.6) is 0 Å². The highest BCUT2D eigenvalue weighted by Crippen LogP contribution is 2.25. The Morgan fingerprint density at radius 1 is 1.39 bits per heavy atom. The molecule has 1 atom stereocenters. The van der Waals surface area contributed by atoms with Gasteiger partial charge in [0.1, 0.15) is 5.82 Å². The molecule has 3 rings (SSSR count). The second kappa shape index (κ2) is 4.73. The molecule has 0 amide bonds. The van der Waals surface area contributed by atoms with Crippen LogP contribution in [-0.2, 0) is 13.5 Å². The molecule has 1 N–H and O–H groups in total. The Balaban J connectivity index is 1.94. The Morgan fingerprint density at radius 2 is 2.28 bits per heavy atom. The van der Waals surface area contributed by atoms with Crippen molar-refractivity contribution in [3.63, 3.8) is 0 Å². The molecular weight excluding hydrogens is 227 g/mol. The van der Waals surface area contributed by atoms with Gasteiger partial charge in [0.05, 0.1) is 5.52 Å². The average Bonchev–Trinajstić information content (AvgIpc) is 2.69. The van der Waals surface area contributed by atoms with E-state index in [0.717, 1.165) is 23.9 Å². The zero-order chi connectivity index (χ0) is 12.5. The second-order valence-electron chi connectivity index (χ2n) is 5.25. The van der Waals surface area contributed by atoms with Gasteiger partial charge in [-0.05, 0) is 37.4 Å². The summed E-state index contributed by atoms with van der Waals surface area (Å²) in [7, 11) is 1.92. The van der Waals surface area contributed by atoms with Crippen LogP contribution in [0.2, 0.25) is 0 Å². The molecule has 1 unspecified atom stereocenters. The van der Waals surface area contributed by atoms with Crippen molar-refractivity contribution in [2.75, 3.05) is 6.54 Å². The number of rotatable bonds is 2. The molecule has 1 saturated heterocycles. The molecule has 0 radical (unpaired) electrons. The van der Waals surface area contributed by atoms with Gasteiger partial charge in [-0.1, -0.05) is 18.6 Å². The van der Waals surface area contributed by atoms with Crippen molar-refractivity contribution in [3.8, 4) is 0 Å². The maximum absolute atomic E-state index is 13.8. The minimum absolute atomic E-state index is 0.127. The summed E-state index contributed by atoms with van der Waals surface area (Å²) in [5, 5.41) is 4.61. The summed E-state index contributed by atoms with van der Waals surface area (Å²) in [6.07, 6.45) is 6.88. The van der Waals surface area contributed by atoms with Crippen LogP contribution in [0.3, 0.4) is 0 Å². The molecule has 18 heavy (non-hydrogen) atoms. The van der Waals surface area contributed by atoms with Crippen LogP contribution in [0.1, 0.15) is 24.8 Å². The zero-order valence-electron chi connectivity index (χ0n) is 10.7. The van der Waals surface area contributed by atoms with Gasteiger partial charge >= 0.3 is 0 Å². The Labute approximate surface area is 107 Å². The summed E-state index contributed by atoms with van der Waals surface area (Å²) in [4.78, 5) is 0. The molecule has 2 nitrogen and oxygen atoms in total. The van der Waals surface area contributed by atoms with Gasteiger partial charge in [-0.3, -0.25) is 0 Å². The first kappa shape index (κ1) is 11.7. The highest BCUT2D eigenvalue weighted by molar-refractivity contribution is 5.84. The minimum atomic E-state index is -0.127. The van der Waals surface area contributed by atoms with Gasteiger partial charge in [0.15, 0.2) is 0 Å². The van der Waals surface area contributed by atoms with Gasteiger partial charge in [-0.2, -0.15) is 0 Å². The number of benzene rings is 1. The first-order valence-electron chi connectivity index (χ1n) is 6.71. The lowest BCUT2D eigenvalue weighted by Crippen LogP contribution is -2.35. The number of para-hydroxylation sites is 1. The number of aryl methyl sites for hydroxylation is 1. The molecule has 1 aliphatic heterocycles. The summed E-state index contributed by atoms with van der Waals surface area (Å²) in [6.45, 7) is 1.11. The minimum Gasteiger partial charge on any atom is -0.348 e. The second-order valence-corrected chi connectivity index (χ2v) is 5.25. The smallest absolute Gasteiger partial charge is 0.147 e. The molecule has 1 aromatic carbocycles. The van der Waals surface area contributed by atoms with E-state index in [4.69, 9.17) is 0 Å². The average molecular weight is 246 g/mol. The molecule has 0 saturated carbocycles. The normalized spacial score (nSPS) is 20.4. The molecule has 1 fully saturated rings. The Morgan fingerprint density at radius 3 is 3.06 bits per heavy atom. The fourth-order valence-electron chi connectivity index (χ4n) is 3.03. The van der Waals surface area contributed by atoms with E-state index in [1.807, 2.05) is 17.7 Å². The van der Waals surface area contributed by atoms with Gasteiger partial charge in [0.2, 0.25) is 0 Å². The maximum Gasteiger partial charge on any atom is 0.147 e. The van der Waals surface area contributed by atoms with Crippen LogP contribution in [0.4, 0.5) is 4.39 Å². The summed E-state index contributed by atoms with van der Waals surface area (Å²) in [6, 6.07) is 5.91. The number of hydrogen-bond acceptors (Lipinski definition) is 1. The largest absolute Gasteiger partial charge is 0.348 e. The van der Waals surface area contributed by atoms with Crippen LogP contribution in [0.25, 0.3) is 10.9 Å². The lowest BCUT2D eigenvalue weighted by Gasteiger charge is -2.23. The molecule has 96 valence electrons. The van der Waals surface area contributed by atoms with Gasteiger partial charge in [-0.25, -0.2) is 4.39 Å². The van der Waals surface area contributed by atoms with Gasteiger partial charge in [0.25, 0.3) is 0 Å². The Hall–Kier alpha value is -1.35. The van der Waals surface area contributed by atoms with Crippen molar-refractivity contribution < 1.29 is 4.39 Å². The maximum atomic E-state index is 13.8. The summed E-state index contributed by atoms with van der Waals surface area (Å²) in [5.41, 5.74) is 1.98. The van der Waals surface area contributed by atoms with E-state index in [0.29, 0.717) is 6.04 Å². The number of halogens is 1. The summed E-state index contributed by atoms with van der Waals surface area (Å²) in [5.74, 6) is -0.127. The van der Waals surface area contributed by atoms with Crippen LogP contribution in [0.15, 0.2) is 24.4 Å². The monoisotopic (exact) mass is 246 g/mol. The summed E-state index contributed by atoms with van der Waals surface area (Å²) >= 11 is 0. The van der Waals surface area contributed by atoms with Crippen molar-refractivity contribution >= 4 is 10.9 Å². The van der Waals surface area contributed by atoms with Crippen molar-refractivity contribution in [2.45, 2.75) is 31.7 Å².